The lowest BCUT2D eigenvalue weighted by molar-refractivity contribution is 0.0508. The van der Waals surface area contributed by atoms with Gasteiger partial charge in [0.05, 0.1) is 29.4 Å². The minimum absolute atomic E-state index is 0.0296. The number of rotatable bonds is 6. The minimum atomic E-state index is -0.610. The SMILES string of the molecule is CCOC(=O)c1nc(-c2cc3cn[nH]c3c(C)c2OCOC)nc2ccc(Cl)nc12. The van der Waals surface area contributed by atoms with Gasteiger partial charge in [-0.1, -0.05) is 11.6 Å². The highest BCUT2D eigenvalue weighted by atomic mass is 35.5. The van der Waals surface area contributed by atoms with Gasteiger partial charge in [0.25, 0.3) is 0 Å². The molecule has 3 aromatic heterocycles. The van der Waals surface area contributed by atoms with Crippen LogP contribution in [0.3, 0.4) is 0 Å². The van der Waals surface area contributed by atoms with Crippen LogP contribution in [-0.4, -0.2) is 51.6 Å². The molecular weight excluding hydrogens is 410 g/mol. The predicted molar refractivity (Wildman–Crippen MR) is 111 cm³/mol. The summed E-state index contributed by atoms with van der Waals surface area (Å²) in [5.74, 6) is 0.193. The highest BCUT2D eigenvalue weighted by Crippen LogP contribution is 2.37. The zero-order valence-electron chi connectivity index (χ0n) is 16.5. The van der Waals surface area contributed by atoms with Crippen LogP contribution in [-0.2, 0) is 9.47 Å². The number of carbonyl (C=O) groups excluding carboxylic acids is 1. The second kappa shape index (κ2) is 8.21. The molecule has 10 heteroatoms. The summed E-state index contributed by atoms with van der Waals surface area (Å²) in [6.45, 7) is 3.84. The molecule has 4 rings (SSSR count). The maximum atomic E-state index is 12.6. The molecule has 9 nitrogen and oxygen atoms in total. The number of aromatic nitrogens is 5. The van der Waals surface area contributed by atoms with Gasteiger partial charge in [0.2, 0.25) is 0 Å². The lowest BCUT2D eigenvalue weighted by atomic mass is 10.0. The van der Waals surface area contributed by atoms with Crippen LogP contribution in [0.25, 0.3) is 33.3 Å². The molecule has 0 spiro atoms. The second-order valence-corrected chi connectivity index (χ2v) is 6.77. The third-order valence-electron chi connectivity index (χ3n) is 4.47. The number of aromatic amines is 1. The maximum absolute atomic E-state index is 12.6. The molecule has 0 atom stereocenters. The summed E-state index contributed by atoms with van der Waals surface area (Å²) in [4.78, 5) is 25.9. The first-order valence-electron chi connectivity index (χ1n) is 9.13. The number of carbonyl (C=O) groups is 1. The number of esters is 1. The van der Waals surface area contributed by atoms with Crippen LogP contribution in [0, 0.1) is 6.92 Å². The van der Waals surface area contributed by atoms with Crippen molar-refractivity contribution in [3.63, 3.8) is 0 Å². The molecule has 0 saturated carbocycles. The highest BCUT2D eigenvalue weighted by molar-refractivity contribution is 6.29. The van der Waals surface area contributed by atoms with Crippen LogP contribution in [0.1, 0.15) is 23.0 Å². The standard InChI is InChI=1S/C20H18ClN5O4/c1-4-29-20(27)17-16-13(5-6-14(21)24-16)23-19(25-17)12-7-11-8-22-26-15(11)10(2)18(12)30-9-28-3/h5-8H,4,9H2,1-3H3,(H,22,26). The Morgan fingerprint density at radius 1 is 1.23 bits per heavy atom. The Kier molecular flexibility index (Phi) is 5.47. The number of H-pyrrole nitrogens is 1. The Bertz CT molecular complexity index is 1260. The van der Waals surface area contributed by atoms with E-state index in [0.717, 1.165) is 16.5 Å². The maximum Gasteiger partial charge on any atom is 0.359 e. The lowest BCUT2D eigenvalue weighted by Gasteiger charge is -2.15. The smallest absolute Gasteiger partial charge is 0.359 e. The molecule has 1 aromatic carbocycles. The van der Waals surface area contributed by atoms with Gasteiger partial charge >= 0.3 is 5.97 Å². The summed E-state index contributed by atoms with van der Waals surface area (Å²) in [5, 5.41) is 8.13. The molecule has 0 unspecified atom stereocenters. The van der Waals surface area contributed by atoms with E-state index in [4.69, 9.17) is 25.8 Å². The van der Waals surface area contributed by atoms with Gasteiger partial charge in [0, 0.05) is 18.1 Å². The van der Waals surface area contributed by atoms with Gasteiger partial charge in [0.1, 0.15) is 16.4 Å². The summed E-state index contributed by atoms with van der Waals surface area (Å²) in [6, 6.07) is 5.12. The quantitative estimate of drug-likeness (QED) is 0.281. The Hall–Kier alpha value is -3.30. The average Bonchev–Trinajstić information content (AvgIpc) is 3.21. The largest absolute Gasteiger partial charge is 0.466 e. The minimum Gasteiger partial charge on any atom is -0.466 e. The Morgan fingerprint density at radius 3 is 2.83 bits per heavy atom. The molecular formula is C20H18ClN5O4. The molecule has 4 aromatic rings. The molecule has 0 bridgehead atoms. The van der Waals surface area contributed by atoms with E-state index in [9.17, 15) is 4.79 Å². The Labute approximate surface area is 176 Å². The van der Waals surface area contributed by atoms with Crippen LogP contribution in [0.5, 0.6) is 5.75 Å². The van der Waals surface area contributed by atoms with Crippen molar-refractivity contribution in [3.05, 3.63) is 40.8 Å². The van der Waals surface area contributed by atoms with Crippen LogP contribution < -0.4 is 4.74 Å². The summed E-state index contributed by atoms with van der Waals surface area (Å²) in [5.41, 5.74) is 2.97. The number of aryl methyl sites for hydroxylation is 1. The predicted octanol–water partition coefficient (Wildman–Crippen LogP) is 3.69. The third kappa shape index (κ3) is 3.53. The first-order chi connectivity index (χ1) is 14.5. The molecule has 0 saturated heterocycles. The van der Waals surface area contributed by atoms with Crippen molar-refractivity contribution in [1.29, 1.82) is 0 Å². The van der Waals surface area contributed by atoms with E-state index in [1.54, 1.807) is 25.3 Å². The fourth-order valence-electron chi connectivity index (χ4n) is 3.16. The number of hydrogen-bond acceptors (Lipinski definition) is 8. The van der Waals surface area contributed by atoms with E-state index >= 15 is 0 Å². The summed E-state index contributed by atoms with van der Waals surface area (Å²) in [7, 11) is 1.53. The van der Waals surface area contributed by atoms with E-state index in [0.29, 0.717) is 16.8 Å². The molecule has 0 aliphatic heterocycles. The molecule has 0 amide bonds. The number of benzene rings is 1. The first kappa shape index (κ1) is 20.0. The fourth-order valence-corrected chi connectivity index (χ4v) is 3.31. The monoisotopic (exact) mass is 427 g/mol. The summed E-state index contributed by atoms with van der Waals surface area (Å²) >= 11 is 6.02. The number of halogens is 1. The van der Waals surface area contributed by atoms with Crippen molar-refractivity contribution in [3.8, 4) is 17.1 Å². The van der Waals surface area contributed by atoms with Gasteiger partial charge in [-0.05, 0) is 32.0 Å². The Balaban J connectivity index is 2.00. The average molecular weight is 428 g/mol. The normalized spacial score (nSPS) is 11.2. The van der Waals surface area contributed by atoms with E-state index in [1.807, 2.05) is 13.0 Å². The van der Waals surface area contributed by atoms with Crippen LogP contribution in [0.2, 0.25) is 5.15 Å². The van der Waals surface area contributed by atoms with Crippen molar-refractivity contribution in [2.24, 2.45) is 0 Å². The van der Waals surface area contributed by atoms with Crippen LogP contribution in [0.4, 0.5) is 0 Å². The summed E-state index contributed by atoms with van der Waals surface area (Å²) < 4.78 is 16.1. The fraction of sp³-hybridized carbons (Fsp3) is 0.250. The van der Waals surface area contributed by atoms with Gasteiger partial charge in [-0.25, -0.2) is 19.7 Å². The molecule has 0 aliphatic rings. The number of nitrogens with one attached hydrogen (secondary N) is 1. The highest BCUT2D eigenvalue weighted by Gasteiger charge is 2.22. The summed E-state index contributed by atoms with van der Waals surface area (Å²) in [6.07, 6.45) is 1.70. The van der Waals surface area contributed by atoms with Gasteiger partial charge in [0.15, 0.2) is 18.3 Å². The van der Waals surface area contributed by atoms with Crippen molar-refractivity contribution in [2.45, 2.75) is 13.8 Å². The van der Waals surface area contributed by atoms with Crippen molar-refractivity contribution >= 4 is 39.5 Å². The molecule has 0 radical (unpaired) electrons. The van der Waals surface area contributed by atoms with Crippen molar-refractivity contribution in [2.75, 3.05) is 20.5 Å². The molecule has 0 aliphatic carbocycles. The number of hydrogen-bond donors (Lipinski definition) is 1. The second-order valence-electron chi connectivity index (χ2n) is 6.38. The van der Waals surface area contributed by atoms with E-state index in [-0.39, 0.29) is 35.6 Å². The lowest BCUT2D eigenvalue weighted by Crippen LogP contribution is -2.11. The topological polar surface area (TPSA) is 112 Å². The molecule has 3 heterocycles. The Morgan fingerprint density at radius 2 is 2.07 bits per heavy atom. The number of ether oxygens (including phenoxy) is 3. The van der Waals surface area contributed by atoms with Gasteiger partial charge in [-0.2, -0.15) is 5.10 Å². The number of nitrogens with zero attached hydrogens (tertiary/aromatic N) is 4. The van der Waals surface area contributed by atoms with Crippen LogP contribution >= 0.6 is 11.6 Å². The number of fused-ring (bicyclic) bond motifs is 2. The number of pyridine rings is 1. The van der Waals surface area contributed by atoms with Crippen LogP contribution in [0.15, 0.2) is 24.4 Å². The van der Waals surface area contributed by atoms with Crippen molar-refractivity contribution in [1.82, 2.24) is 25.1 Å². The van der Waals surface area contributed by atoms with Gasteiger partial charge in [-0.3, -0.25) is 5.10 Å². The number of methoxy groups -OCH3 is 1. The zero-order valence-corrected chi connectivity index (χ0v) is 17.3. The van der Waals surface area contributed by atoms with E-state index < -0.39 is 5.97 Å². The third-order valence-corrected chi connectivity index (χ3v) is 4.68. The zero-order chi connectivity index (χ0) is 21.3. The van der Waals surface area contributed by atoms with E-state index in [2.05, 4.69) is 25.1 Å². The van der Waals surface area contributed by atoms with Gasteiger partial charge < -0.3 is 14.2 Å². The molecule has 154 valence electrons. The van der Waals surface area contributed by atoms with Gasteiger partial charge in [-0.15, -0.1) is 0 Å². The molecule has 0 fully saturated rings. The van der Waals surface area contributed by atoms with Crippen molar-refractivity contribution < 1.29 is 19.0 Å². The first-order valence-corrected chi connectivity index (χ1v) is 9.51. The van der Waals surface area contributed by atoms with E-state index in [1.165, 1.54) is 7.11 Å². The molecule has 30 heavy (non-hydrogen) atoms. The molecule has 1 N–H and O–H groups in total.